The molecular weight excluding hydrogens is 416 g/mol. The van der Waals surface area contributed by atoms with Crippen LogP contribution >= 0.6 is 0 Å². The second-order valence-corrected chi connectivity index (χ2v) is 10.4. The molecule has 0 unspecified atom stereocenters. The number of aromatic nitrogens is 3. The molecule has 1 aliphatic carbocycles. The molecule has 2 aromatic heterocycles. The van der Waals surface area contributed by atoms with Crippen molar-refractivity contribution in [3.8, 4) is 16.9 Å². The van der Waals surface area contributed by atoms with Crippen molar-refractivity contribution in [3.63, 3.8) is 0 Å². The molecule has 3 saturated heterocycles. The van der Waals surface area contributed by atoms with Crippen molar-refractivity contribution >= 4 is 16.9 Å². The highest BCUT2D eigenvalue weighted by Crippen LogP contribution is 2.47. The fourth-order valence-corrected chi connectivity index (χ4v) is 6.26. The zero-order valence-corrected chi connectivity index (χ0v) is 18.8. The van der Waals surface area contributed by atoms with E-state index in [4.69, 9.17) is 19.9 Å². The van der Waals surface area contributed by atoms with Crippen LogP contribution in [-0.4, -0.2) is 45.1 Å². The smallest absolute Gasteiger partial charge is 0.146 e. The number of ether oxygens (including phenoxy) is 3. The predicted octanol–water partition coefficient (Wildman–Crippen LogP) is 4.66. The number of nitrogens with two attached hydrogens (primary N) is 1. The molecule has 7 heteroatoms. The van der Waals surface area contributed by atoms with E-state index < -0.39 is 0 Å². The Hall–Kier alpha value is -2.64. The van der Waals surface area contributed by atoms with Crippen LogP contribution in [0.15, 0.2) is 36.8 Å². The molecule has 1 spiro atoms. The van der Waals surface area contributed by atoms with E-state index in [2.05, 4.69) is 32.9 Å². The van der Waals surface area contributed by atoms with E-state index in [1.165, 1.54) is 0 Å². The minimum atomic E-state index is -0.0847. The van der Waals surface area contributed by atoms with Crippen LogP contribution in [-0.2, 0) is 9.47 Å². The van der Waals surface area contributed by atoms with Crippen LogP contribution in [0.4, 0.5) is 5.82 Å². The second-order valence-electron chi connectivity index (χ2n) is 10.4. The summed E-state index contributed by atoms with van der Waals surface area (Å²) >= 11 is 0. The third-order valence-electron chi connectivity index (χ3n) is 8.36. The number of epoxide rings is 1. The summed E-state index contributed by atoms with van der Waals surface area (Å²) in [5, 5.41) is 0.925. The highest BCUT2D eigenvalue weighted by atomic mass is 16.6. The standard InChI is InChI=1S/C26H30N4O3/c27-23-22-21(13-30(24(22)29-16-28-23)18-4-8-25(9-5-18)15-32-25)17-2-1-3-20(12-17)31-14-26-10-6-19(33-26)7-11-26/h1-3,12-13,16,18-19H,4-11,14-15H2,(H2,27,28,29)/t18-,19?,25-,26?. The second kappa shape index (κ2) is 7.18. The molecule has 3 aromatic rings. The van der Waals surface area contributed by atoms with E-state index in [-0.39, 0.29) is 11.2 Å². The van der Waals surface area contributed by atoms with Crippen LogP contribution in [0.3, 0.4) is 0 Å². The summed E-state index contributed by atoms with van der Waals surface area (Å²) in [5.74, 6) is 1.38. The molecule has 2 N–H and O–H groups in total. The SMILES string of the molecule is Nc1ncnc2c1c(-c1cccc(OCC34CCC(CC3)O4)c1)cn2[C@H]1CC[C@]2(CC1)CO2. The van der Waals surface area contributed by atoms with Gasteiger partial charge in [-0.2, -0.15) is 0 Å². The van der Waals surface area contributed by atoms with Crippen LogP contribution in [0.5, 0.6) is 5.75 Å². The Balaban J connectivity index is 1.20. The van der Waals surface area contributed by atoms with Gasteiger partial charge in [0.05, 0.1) is 23.7 Å². The summed E-state index contributed by atoms with van der Waals surface area (Å²) in [6, 6.07) is 8.70. The molecule has 5 heterocycles. The number of fused-ring (bicyclic) bond motifs is 3. The van der Waals surface area contributed by atoms with E-state index in [1.54, 1.807) is 6.33 Å². The summed E-state index contributed by atoms with van der Waals surface area (Å²) in [5.41, 5.74) is 9.51. The first-order chi connectivity index (χ1) is 16.1. The zero-order chi connectivity index (χ0) is 22.0. The normalized spacial score (nSPS) is 32.6. The molecule has 0 amide bonds. The van der Waals surface area contributed by atoms with Crippen molar-refractivity contribution in [3.05, 3.63) is 36.8 Å². The van der Waals surface area contributed by atoms with Gasteiger partial charge in [-0.15, -0.1) is 0 Å². The number of anilines is 1. The molecule has 0 radical (unpaired) electrons. The van der Waals surface area contributed by atoms with Crippen molar-refractivity contribution < 1.29 is 14.2 Å². The van der Waals surface area contributed by atoms with Crippen LogP contribution in [0.2, 0.25) is 0 Å². The lowest BCUT2D eigenvalue weighted by molar-refractivity contribution is -0.0198. The van der Waals surface area contributed by atoms with Crippen molar-refractivity contribution in [2.45, 2.75) is 74.7 Å². The molecular formula is C26H30N4O3. The number of nitrogen functional groups attached to an aromatic ring is 1. The molecule has 2 bridgehead atoms. The average molecular weight is 447 g/mol. The first-order valence-corrected chi connectivity index (χ1v) is 12.3. The molecule has 4 fully saturated rings. The maximum Gasteiger partial charge on any atom is 0.146 e. The largest absolute Gasteiger partial charge is 0.491 e. The first kappa shape index (κ1) is 19.8. The summed E-state index contributed by atoms with van der Waals surface area (Å²) in [6.45, 7) is 1.54. The Labute approximate surface area is 193 Å². The predicted molar refractivity (Wildman–Crippen MR) is 125 cm³/mol. The van der Waals surface area contributed by atoms with Gasteiger partial charge in [0.2, 0.25) is 0 Å². The highest BCUT2D eigenvalue weighted by Gasteiger charge is 2.48. The van der Waals surface area contributed by atoms with Gasteiger partial charge in [0, 0.05) is 17.8 Å². The van der Waals surface area contributed by atoms with E-state index in [9.17, 15) is 0 Å². The Kier molecular flexibility index (Phi) is 4.31. The summed E-state index contributed by atoms with van der Waals surface area (Å²) in [6.07, 6.45) is 13.2. The number of rotatable bonds is 5. The summed E-state index contributed by atoms with van der Waals surface area (Å²) in [4.78, 5) is 8.95. The molecule has 7 nitrogen and oxygen atoms in total. The van der Waals surface area contributed by atoms with Gasteiger partial charge in [0.1, 0.15) is 35.7 Å². The van der Waals surface area contributed by atoms with Crippen molar-refractivity contribution in [2.24, 2.45) is 0 Å². The van der Waals surface area contributed by atoms with Crippen LogP contribution in [0.1, 0.15) is 57.4 Å². The maximum absolute atomic E-state index is 6.38. The molecule has 1 aromatic carbocycles. The lowest BCUT2D eigenvalue weighted by Gasteiger charge is -2.27. The van der Waals surface area contributed by atoms with Gasteiger partial charge in [0.25, 0.3) is 0 Å². The first-order valence-electron chi connectivity index (χ1n) is 12.3. The third-order valence-corrected chi connectivity index (χ3v) is 8.36. The van der Waals surface area contributed by atoms with E-state index >= 15 is 0 Å². The van der Waals surface area contributed by atoms with Gasteiger partial charge in [-0.25, -0.2) is 9.97 Å². The lowest BCUT2D eigenvalue weighted by Crippen LogP contribution is -2.32. The van der Waals surface area contributed by atoms with E-state index in [0.29, 0.717) is 24.6 Å². The molecule has 7 rings (SSSR count). The van der Waals surface area contributed by atoms with Crippen LogP contribution in [0, 0.1) is 0 Å². The van der Waals surface area contributed by atoms with Crippen molar-refractivity contribution in [1.82, 2.24) is 14.5 Å². The number of nitrogens with zero attached hydrogens (tertiary/aromatic N) is 3. The summed E-state index contributed by atoms with van der Waals surface area (Å²) in [7, 11) is 0. The fourth-order valence-electron chi connectivity index (χ4n) is 6.26. The van der Waals surface area contributed by atoms with Gasteiger partial charge < -0.3 is 24.5 Å². The molecule has 1 saturated carbocycles. The Morgan fingerprint density at radius 3 is 2.64 bits per heavy atom. The van der Waals surface area contributed by atoms with Gasteiger partial charge in [-0.3, -0.25) is 0 Å². The van der Waals surface area contributed by atoms with Crippen LogP contribution in [0.25, 0.3) is 22.2 Å². The van der Waals surface area contributed by atoms with Crippen molar-refractivity contribution in [2.75, 3.05) is 18.9 Å². The molecule has 3 aliphatic heterocycles. The Morgan fingerprint density at radius 1 is 1.09 bits per heavy atom. The Bertz CT molecular complexity index is 1200. The number of hydrogen-bond acceptors (Lipinski definition) is 6. The highest BCUT2D eigenvalue weighted by molar-refractivity contribution is 6.00. The zero-order valence-electron chi connectivity index (χ0n) is 18.8. The maximum atomic E-state index is 6.38. The topological polar surface area (TPSA) is 87.7 Å². The summed E-state index contributed by atoms with van der Waals surface area (Å²) < 4.78 is 20.5. The van der Waals surface area contributed by atoms with Gasteiger partial charge >= 0.3 is 0 Å². The van der Waals surface area contributed by atoms with Gasteiger partial charge in [-0.1, -0.05) is 12.1 Å². The fraction of sp³-hybridized carbons (Fsp3) is 0.538. The van der Waals surface area contributed by atoms with Gasteiger partial charge in [-0.05, 0) is 69.1 Å². The van der Waals surface area contributed by atoms with Gasteiger partial charge in [0.15, 0.2) is 0 Å². The average Bonchev–Trinajstić information content (AvgIpc) is 3.18. The monoisotopic (exact) mass is 446 g/mol. The molecule has 0 atom stereocenters. The van der Waals surface area contributed by atoms with Crippen LogP contribution < -0.4 is 10.5 Å². The quantitative estimate of drug-likeness (QED) is 0.574. The molecule has 33 heavy (non-hydrogen) atoms. The number of hydrogen-bond donors (Lipinski definition) is 1. The third kappa shape index (κ3) is 3.32. The lowest BCUT2D eigenvalue weighted by atomic mass is 9.86. The number of benzene rings is 1. The minimum Gasteiger partial charge on any atom is -0.491 e. The Morgan fingerprint density at radius 2 is 1.91 bits per heavy atom. The molecule has 172 valence electrons. The van der Waals surface area contributed by atoms with E-state index in [1.807, 2.05) is 12.1 Å². The molecule has 4 aliphatic rings. The van der Waals surface area contributed by atoms with E-state index in [0.717, 1.165) is 85.9 Å². The van der Waals surface area contributed by atoms with Crippen molar-refractivity contribution in [1.29, 1.82) is 0 Å². The minimum absolute atomic E-state index is 0.0847.